The molecule has 6 heteroatoms. The van der Waals surface area contributed by atoms with E-state index in [0.717, 1.165) is 0 Å². The second-order valence-electron chi connectivity index (χ2n) is 0. The summed E-state index contributed by atoms with van der Waals surface area (Å²) in [6, 6.07) is 0. The van der Waals surface area contributed by atoms with Crippen LogP contribution in [0, 0.1) is 44.6 Å². The van der Waals surface area contributed by atoms with E-state index < -0.39 is 0 Å². The summed E-state index contributed by atoms with van der Waals surface area (Å²) in [6.07, 6.45) is 0. The molecule has 0 aliphatic rings. The monoisotopic (exact) mass is 144 g/mol. The second kappa shape index (κ2) is 1420. The Morgan fingerprint density at radius 1 is 0.167 bits per heavy atom. The van der Waals surface area contributed by atoms with Gasteiger partial charge in [0.25, 0.3) is 0 Å². The minimum absolute atomic E-state index is 0. The molecule has 0 unspecified atom stereocenters. The van der Waals surface area contributed by atoms with E-state index in [1.165, 1.54) is 0 Å². The van der Waals surface area contributed by atoms with Crippen molar-refractivity contribution in [1.29, 1.82) is 0 Å². The van der Waals surface area contributed by atoms with Crippen LogP contribution in [0.25, 0.3) is 0 Å². The third kappa shape index (κ3) is 1080. The maximum Gasteiger partial charge on any atom is 2.00 e. The Balaban J connectivity index is 0. The first-order valence-electron chi connectivity index (χ1n) is 0. The van der Waals surface area contributed by atoms with Crippen LogP contribution in [0.4, 0.5) is 0 Å². The smallest absolute Gasteiger partial charge is 0.358 e. The second-order valence-corrected chi connectivity index (χ2v) is 0. The van der Waals surface area contributed by atoms with Crippen LogP contribution in [0.1, 0.15) is 0 Å². The van der Waals surface area contributed by atoms with Gasteiger partial charge in [-0.2, -0.15) is 0 Å². The van der Waals surface area contributed by atoms with Crippen molar-refractivity contribution in [2.24, 2.45) is 0 Å². The van der Waals surface area contributed by atoms with Crippen molar-refractivity contribution >= 4 is 60.7 Å². The van der Waals surface area contributed by atoms with E-state index in [0.29, 0.717) is 0 Å². The van der Waals surface area contributed by atoms with Gasteiger partial charge in [0.15, 0.2) is 0 Å². The summed E-state index contributed by atoms with van der Waals surface area (Å²) in [7, 11) is 0. The quantitative estimate of drug-likeness (QED) is 0.341. The summed E-state index contributed by atoms with van der Waals surface area (Å²) in [5.41, 5.74) is 0. The van der Waals surface area contributed by atoms with Gasteiger partial charge in [0.05, 0.1) is 0 Å². The molecule has 0 N–H and O–H groups in total. The molecular formula is C6H18Be6+6. The molecule has 0 aromatic heterocycles. The van der Waals surface area contributed by atoms with Gasteiger partial charge in [-0.3, -0.25) is 0 Å². The minimum Gasteiger partial charge on any atom is -0.358 e. The molecule has 12 heavy (non-hydrogen) atoms. The molecule has 0 nitrogen and oxygen atoms in total. The fraction of sp³-hybridized carbons (Fsp3) is 0. The van der Waals surface area contributed by atoms with Gasteiger partial charge in [0.1, 0.15) is 0 Å². The van der Waals surface area contributed by atoms with Gasteiger partial charge in [-0.15, -0.1) is 0 Å². The summed E-state index contributed by atoms with van der Waals surface area (Å²) in [5.74, 6) is 0. The Hall–Kier alpha value is 1.01. The Kier molecular flexibility index (Phi) is 217000. The van der Waals surface area contributed by atoms with Gasteiger partial charge in [-0.1, -0.05) is 0 Å². The molecule has 0 aliphatic heterocycles. The average Bonchev–Trinajstić information content (AvgIpc) is 0. The maximum atomic E-state index is 0. The van der Waals surface area contributed by atoms with Crippen molar-refractivity contribution in [3.8, 4) is 0 Å². The first-order valence-corrected chi connectivity index (χ1v) is 0. The van der Waals surface area contributed by atoms with E-state index in [2.05, 4.69) is 0 Å². The summed E-state index contributed by atoms with van der Waals surface area (Å²) in [4.78, 5) is 0. The van der Waals surface area contributed by atoms with Crippen molar-refractivity contribution in [2.45, 2.75) is 0 Å². The minimum atomic E-state index is 0. The third-order valence-corrected chi connectivity index (χ3v) is 0. The van der Waals surface area contributed by atoms with E-state index >= 15 is 0 Å². The molecule has 0 aromatic carbocycles. The van der Waals surface area contributed by atoms with Crippen LogP contribution < -0.4 is 0 Å². The molecule has 0 aromatic rings. The zero-order valence-electron chi connectivity index (χ0n) is 10.2. The van der Waals surface area contributed by atoms with Gasteiger partial charge in [-0.25, -0.2) is 0 Å². The molecule has 0 amide bonds. The summed E-state index contributed by atoms with van der Waals surface area (Å²) in [5, 5.41) is 0. The van der Waals surface area contributed by atoms with E-state index in [-0.39, 0.29) is 105 Å². The summed E-state index contributed by atoms with van der Waals surface area (Å²) < 4.78 is 0. The van der Waals surface area contributed by atoms with Crippen LogP contribution in [0.3, 0.4) is 0 Å². The predicted molar refractivity (Wildman–Crippen MR) is 73.0 cm³/mol. The molecule has 0 atom stereocenters. The third-order valence-electron chi connectivity index (χ3n) is 0. The van der Waals surface area contributed by atoms with E-state index in [9.17, 15) is 0 Å². The molecule has 0 saturated heterocycles. The molecule has 0 aliphatic carbocycles. The molecular weight excluding hydrogens is 126 g/mol. The number of hydrogen-bond donors (Lipinski definition) is 0. The largest absolute Gasteiger partial charge is 2.00 e. The van der Waals surface area contributed by atoms with E-state index in [4.69, 9.17) is 0 Å². The molecule has 0 spiro atoms. The van der Waals surface area contributed by atoms with Gasteiger partial charge >= 0.3 is 60.7 Å². The summed E-state index contributed by atoms with van der Waals surface area (Å²) in [6.45, 7) is 0. The van der Waals surface area contributed by atoms with Crippen molar-refractivity contribution in [3.05, 3.63) is 44.6 Å². The Morgan fingerprint density at radius 2 is 0.167 bits per heavy atom. The van der Waals surface area contributed by atoms with Crippen molar-refractivity contribution in [3.63, 3.8) is 0 Å². The van der Waals surface area contributed by atoms with E-state index in [1.54, 1.807) is 0 Å². The summed E-state index contributed by atoms with van der Waals surface area (Å²) >= 11 is 0. The van der Waals surface area contributed by atoms with Gasteiger partial charge < -0.3 is 44.6 Å². The number of rotatable bonds is 0. The predicted octanol–water partition coefficient (Wildman–Crippen LogP) is 0.417. The van der Waals surface area contributed by atoms with Gasteiger partial charge in [0, 0.05) is 0 Å². The molecule has 0 fully saturated rings. The van der Waals surface area contributed by atoms with E-state index in [1.807, 2.05) is 0 Å². The van der Waals surface area contributed by atoms with Crippen LogP contribution in [0.2, 0.25) is 0 Å². The van der Waals surface area contributed by atoms with Crippen LogP contribution in [-0.4, -0.2) is 60.7 Å². The molecule has 0 bridgehead atoms. The normalized spacial score (nSPS) is 0. The SMILES string of the molecule is [Be+2].[Be+2].[Be+2].[Be+2].[Be+2].[Be+2].[CH3-].[CH3-].[CH3-].[CH3-].[CH3-].[CH3-]. The first-order chi connectivity index (χ1) is 0. The standard InChI is InChI=1S/6CH3.6Be/h6*1H3;;;;;;/q6*-1;6*+2. The number of hydrogen-bond acceptors (Lipinski definition) is 0. The van der Waals surface area contributed by atoms with Gasteiger partial charge in [-0.05, 0) is 0 Å². The Bertz CT molecular complexity index is 12.0. The molecule has 48 valence electrons. The molecule has 0 saturated carbocycles. The molecule has 0 heterocycles. The zero-order valence-corrected chi connectivity index (χ0v) is 10.2. The van der Waals surface area contributed by atoms with Crippen LogP contribution in [-0.2, 0) is 0 Å². The molecule has 0 radical (unpaired) electrons. The van der Waals surface area contributed by atoms with Gasteiger partial charge in [0.2, 0.25) is 0 Å². The average molecular weight is 144 g/mol. The van der Waals surface area contributed by atoms with Crippen LogP contribution >= 0.6 is 0 Å². The fourth-order valence-corrected chi connectivity index (χ4v) is 0. The fourth-order valence-electron chi connectivity index (χ4n) is 0. The zero-order chi connectivity index (χ0) is 0. The molecule has 0 rings (SSSR count). The van der Waals surface area contributed by atoms with Crippen molar-refractivity contribution in [1.82, 2.24) is 0 Å². The van der Waals surface area contributed by atoms with Crippen LogP contribution in [0.15, 0.2) is 0 Å². The van der Waals surface area contributed by atoms with Crippen molar-refractivity contribution < 1.29 is 0 Å². The Morgan fingerprint density at radius 3 is 0.167 bits per heavy atom. The van der Waals surface area contributed by atoms with Crippen molar-refractivity contribution in [2.75, 3.05) is 0 Å². The first kappa shape index (κ1) is 1830. The topological polar surface area (TPSA) is 0 Å². The van der Waals surface area contributed by atoms with Crippen LogP contribution in [0.5, 0.6) is 0 Å². The Labute approximate surface area is 105 Å². The maximum absolute atomic E-state index is 0.